The van der Waals surface area contributed by atoms with Gasteiger partial charge in [0.2, 0.25) is 5.91 Å². The largest absolute Gasteiger partial charge is 0.480 e. The fraction of sp³-hybridized carbons (Fsp3) is 0.818. The van der Waals surface area contributed by atoms with Crippen molar-refractivity contribution in [2.24, 2.45) is 5.92 Å². The summed E-state index contributed by atoms with van der Waals surface area (Å²) >= 11 is 0. The number of aliphatic hydroxyl groups excluding tert-OH is 1. The fourth-order valence-electron chi connectivity index (χ4n) is 2.58. The molecule has 0 spiro atoms. The molecule has 3 N–H and O–H groups in total. The van der Waals surface area contributed by atoms with Gasteiger partial charge in [-0.05, 0) is 25.4 Å². The van der Waals surface area contributed by atoms with Gasteiger partial charge in [0.25, 0.3) is 0 Å². The Hall–Kier alpha value is -1.14. The molecule has 6 heteroatoms. The Bertz CT molecular complexity index is 315. The first-order valence-electron chi connectivity index (χ1n) is 5.99. The van der Waals surface area contributed by atoms with Gasteiger partial charge in [-0.15, -0.1) is 0 Å². The molecule has 0 aromatic rings. The highest BCUT2D eigenvalue weighted by molar-refractivity contribution is 5.84. The molecule has 0 saturated carbocycles. The van der Waals surface area contributed by atoms with Crippen LogP contribution in [-0.2, 0) is 9.59 Å². The number of likely N-dealkylation sites (tertiary alicyclic amines) is 1. The maximum atomic E-state index is 12.0. The molecule has 0 bridgehead atoms. The summed E-state index contributed by atoms with van der Waals surface area (Å²) in [6.07, 6.45) is 0.773. The van der Waals surface area contributed by atoms with Crippen LogP contribution in [0.1, 0.15) is 19.3 Å². The lowest BCUT2D eigenvalue weighted by Gasteiger charge is -2.22. The van der Waals surface area contributed by atoms with Crippen molar-refractivity contribution in [1.82, 2.24) is 10.2 Å². The van der Waals surface area contributed by atoms with E-state index in [1.807, 2.05) is 0 Å². The van der Waals surface area contributed by atoms with E-state index in [1.54, 1.807) is 0 Å². The van der Waals surface area contributed by atoms with Gasteiger partial charge in [-0.3, -0.25) is 4.79 Å². The Morgan fingerprint density at radius 2 is 2.18 bits per heavy atom. The number of β-amino-alcohol motifs (C(OH)–C–C–N with tert-alkyl or cyclic N) is 1. The molecule has 2 aliphatic heterocycles. The summed E-state index contributed by atoms with van der Waals surface area (Å²) in [5.41, 5.74) is 0. The first-order valence-corrected chi connectivity index (χ1v) is 5.99. The van der Waals surface area contributed by atoms with Crippen LogP contribution in [0.3, 0.4) is 0 Å². The summed E-state index contributed by atoms with van der Waals surface area (Å²) in [5.74, 6) is -0.878. The number of hydrogen-bond donors (Lipinski definition) is 3. The number of carboxylic acids is 1. The van der Waals surface area contributed by atoms with Crippen LogP contribution in [0.15, 0.2) is 0 Å². The molecule has 2 saturated heterocycles. The summed E-state index contributed by atoms with van der Waals surface area (Å²) in [4.78, 5) is 24.3. The number of carbonyl (C=O) groups excluding carboxylic acids is 1. The number of nitrogens with zero attached hydrogens (tertiary/aromatic N) is 1. The smallest absolute Gasteiger partial charge is 0.326 e. The van der Waals surface area contributed by atoms with Crippen LogP contribution in [0.2, 0.25) is 0 Å². The van der Waals surface area contributed by atoms with E-state index in [9.17, 15) is 14.7 Å². The van der Waals surface area contributed by atoms with Gasteiger partial charge in [-0.2, -0.15) is 0 Å². The molecule has 0 aromatic carbocycles. The Kier molecular flexibility index (Phi) is 3.63. The van der Waals surface area contributed by atoms with Crippen LogP contribution in [0, 0.1) is 5.92 Å². The van der Waals surface area contributed by atoms with Crippen molar-refractivity contribution in [3.05, 3.63) is 0 Å². The Morgan fingerprint density at radius 3 is 2.76 bits per heavy atom. The average molecular weight is 242 g/mol. The zero-order chi connectivity index (χ0) is 12.4. The first kappa shape index (κ1) is 12.3. The minimum Gasteiger partial charge on any atom is -0.480 e. The first-order chi connectivity index (χ1) is 8.08. The molecule has 0 radical (unpaired) electrons. The molecule has 1 amide bonds. The van der Waals surface area contributed by atoms with Crippen LogP contribution in [-0.4, -0.2) is 58.8 Å². The van der Waals surface area contributed by atoms with Crippen LogP contribution >= 0.6 is 0 Å². The third kappa shape index (κ3) is 2.76. The van der Waals surface area contributed by atoms with Gasteiger partial charge in [-0.1, -0.05) is 0 Å². The number of carbonyl (C=O) groups is 2. The van der Waals surface area contributed by atoms with E-state index in [0.717, 1.165) is 19.5 Å². The fourth-order valence-corrected chi connectivity index (χ4v) is 2.58. The maximum absolute atomic E-state index is 12.0. The minimum atomic E-state index is -1.03. The molecule has 0 aliphatic carbocycles. The molecule has 3 unspecified atom stereocenters. The zero-order valence-corrected chi connectivity index (χ0v) is 9.63. The molecule has 3 atom stereocenters. The lowest BCUT2D eigenvalue weighted by Crippen LogP contribution is -2.41. The predicted octanol–water partition coefficient (Wildman–Crippen LogP) is -0.968. The number of carboxylic acid groups (broad SMARTS) is 1. The molecule has 96 valence electrons. The molecule has 2 fully saturated rings. The average Bonchev–Trinajstić information content (AvgIpc) is 2.86. The number of nitrogens with one attached hydrogen (secondary N) is 1. The molecular weight excluding hydrogens is 224 g/mol. The van der Waals surface area contributed by atoms with Gasteiger partial charge in [0.15, 0.2) is 0 Å². The van der Waals surface area contributed by atoms with Crippen molar-refractivity contribution in [3.63, 3.8) is 0 Å². The summed E-state index contributed by atoms with van der Waals surface area (Å²) in [6.45, 7) is 1.89. The number of hydrogen-bond acceptors (Lipinski definition) is 4. The quantitative estimate of drug-likeness (QED) is 0.592. The van der Waals surface area contributed by atoms with Crippen molar-refractivity contribution >= 4 is 11.9 Å². The molecule has 2 heterocycles. The number of aliphatic hydroxyl groups is 1. The highest BCUT2D eigenvalue weighted by Crippen LogP contribution is 2.22. The van der Waals surface area contributed by atoms with E-state index in [4.69, 9.17) is 5.11 Å². The van der Waals surface area contributed by atoms with Gasteiger partial charge in [-0.25, -0.2) is 4.79 Å². The summed E-state index contributed by atoms with van der Waals surface area (Å²) in [6, 6.07) is -0.855. The second-order valence-corrected chi connectivity index (χ2v) is 4.85. The molecule has 6 nitrogen and oxygen atoms in total. The second kappa shape index (κ2) is 5.01. The molecule has 0 aromatic heterocycles. The normalized spacial score (nSPS) is 33.0. The lowest BCUT2D eigenvalue weighted by atomic mass is 10.0. The van der Waals surface area contributed by atoms with E-state index in [1.165, 1.54) is 4.90 Å². The molecule has 2 rings (SSSR count). The minimum absolute atomic E-state index is 0.143. The lowest BCUT2D eigenvalue weighted by molar-refractivity contribution is -0.148. The van der Waals surface area contributed by atoms with Crippen LogP contribution < -0.4 is 5.32 Å². The van der Waals surface area contributed by atoms with Crippen molar-refractivity contribution in [3.8, 4) is 0 Å². The van der Waals surface area contributed by atoms with Gasteiger partial charge in [0.05, 0.1) is 6.10 Å². The molecule has 17 heavy (non-hydrogen) atoms. The molecular formula is C11H18N2O4. The monoisotopic (exact) mass is 242 g/mol. The van der Waals surface area contributed by atoms with Crippen molar-refractivity contribution in [2.75, 3.05) is 19.6 Å². The maximum Gasteiger partial charge on any atom is 0.326 e. The third-order valence-corrected chi connectivity index (χ3v) is 3.51. The number of amides is 1. The summed E-state index contributed by atoms with van der Waals surface area (Å²) in [5, 5.41) is 21.6. The Balaban J connectivity index is 1.94. The van der Waals surface area contributed by atoms with Crippen molar-refractivity contribution < 1.29 is 19.8 Å². The number of aliphatic carboxylic acids is 1. The van der Waals surface area contributed by atoms with E-state index in [-0.39, 0.29) is 18.9 Å². The van der Waals surface area contributed by atoms with E-state index in [0.29, 0.717) is 12.3 Å². The van der Waals surface area contributed by atoms with E-state index < -0.39 is 18.1 Å². The zero-order valence-electron chi connectivity index (χ0n) is 9.63. The van der Waals surface area contributed by atoms with Gasteiger partial charge >= 0.3 is 5.97 Å². The highest BCUT2D eigenvalue weighted by atomic mass is 16.4. The van der Waals surface area contributed by atoms with Crippen LogP contribution in [0.5, 0.6) is 0 Å². The van der Waals surface area contributed by atoms with E-state index >= 15 is 0 Å². The summed E-state index contributed by atoms with van der Waals surface area (Å²) in [7, 11) is 0. The Morgan fingerprint density at radius 1 is 1.41 bits per heavy atom. The third-order valence-electron chi connectivity index (χ3n) is 3.51. The topological polar surface area (TPSA) is 89.9 Å². The highest BCUT2D eigenvalue weighted by Gasteiger charge is 2.39. The van der Waals surface area contributed by atoms with Crippen LogP contribution in [0.4, 0.5) is 0 Å². The molecule has 2 aliphatic rings. The Labute approximate surface area is 99.6 Å². The van der Waals surface area contributed by atoms with E-state index in [2.05, 4.69) is 5.32 Å². The standard InChI is InChI=1S/C11H18N2O4/c14-8-4-9(11(16)17)13(6-8)10(15)3-7-1-2-12-5-7/h7-9,12,14H,1-6H2,(H,16,17). The SMILES string of the molecule is O=C(O)C1CC(O)CN1C(=O)CC1CCNC1. The van der Waals surface area contributed by atoms with Gasteiger partial charge in [0.1, 0.15) is 6.04 Å². The summed E-state index contributed by atoms with van der Waals surface area (Å²) < 4.78 is 0. The predicted molar refractivity (Wildman–Crippen MR) is 59.4 cm³/mol. The van der Waals surface area contributed by atoms with Crippen LogP contribution in [0.25, 0.3) is 0 Å². The van der Waals surface area contributed by atoms with Crippen molar-refractivity contribution in [1.29, 1.82) is 0 Å². The second-order valence-electron chi connectivity index (χ2n) is 4.85. The van der Waals surface area contributed by atoms with Crippen molar-refractivity contribution in [2.45, 2.75) is 31.4 Å². The van der Waals surface area contributed by atoms with Gasteiger partial charge in [0, 0.05) is 19.4 Å². The van der Waals surface area contributed by atoms with Gasteiger partial charge < -0.3 is 20.4 Å². The number of rotatable bonds is 3.